The predicted molar refractivity (Wildman–Crippen MR) is 122 cm³/mol. The number of pyridine rings is 1. The minimum atomic E-state index is -0.304. The molecule has 0 saturated carbocycles. The van der Waals surface area contributed by atoms with E-state index in [1.807, 2.05) is 50.2 Å². The highest BCUT2D eigenvalue weighted by Gasteiger charge is 2.10. The van der Waals surface area contributed by atoms with Crippen molar-refractivity contribution in [2.45, 2.75) is 20.5 Å². The first kappa shape index (κ1) is 21.1. The lowest BCUT2D eigenvalue weighted by atomic mass is 10.2. The van der Waals surface area contributed by atoms with Crippen molar-refractivity contribution in [1.82, 2.24) is 9.38 Å². The summed E-state index contributed by atoms with van der Waals surface area (Å²) in [6.07, 6.45) is 1.70. The fraction of sp³-hybridized carbons (Fsp3) is 0.160. The van der Waals surface area contributed by atoms with Crippen LogP contribution >= 0.6 is 0 Å². The Bertz CT molecular complexity index is 1330. The second-order valence-corrected chi connectivity index (χ2v) is 7.41. The van der Waals surface area contributed by atoms with Crippen LogP contribution in [0.15, 0.2) is 77.7 Å². The molecule has 0 aliphatic carbocycles. The molecule has 4 aromatic rings. The molecule has 2 aromatic heterocycles. The van der Waals surface area contributed by atoms with E-state index in [0.717, 1.165) is 11.1 Å². The summed E-state index contributed by atoms with van der Waals surface area (Å²) in [7, 11) is 0. The molecule has 4 rings (SSSR count). The van der Waals surface area contributed by atoms with Gasteiger partial charge in [0.2, 0.25) is 0 Å². The van der Waals surface area contributed by atoms with Crippen molar-refractivity contribution in [3.63, 3.8) is 0 Å². The molecule has 2 aromatic carbocycles. The monoisotopic (exact) mass is 429 g/mol. The molecule has 162 valence electrons. The van der Waals surface area contributed by atoms with Gasteiger partial charge in [-0.05, 0) is 55.3 Å². The van der Waals surface area contributed by atoms with Gasteiger partial charge in [0, 0.05) is 12.3 Å². The average molecular weight is 429 g/mol. The highest BCUT2D eigenvalue weighted by Crippen LogP contribution is 2.25. The summed E-state index contributed by atoms with van der Waals surface area (Å²) in [5.41, 5.74) is 3.37. The number of nitrogens with zero attached hydrogens (tertiary/aromatic N) is 2. The van der Waals surface area contributed by atoms with Gasteiger partial charge in [-0.15, -0.1) is 0 Å². The van der Waals surface area contributed by atoms with Crippen molar-refractivity contribution in [1.29, 1.82) is 0 Å². The molecule has 32 heavy (non-hydrogen) atoms. The summed E-state index contributed by atoms with van der Waals surface area (Å²) in [4.78, 5) is 29.2. The Morgan fingerprint density at radius 3 is 2.53 bits per heavy atom. The maximum atomic E-state index is 12.4. The molecule has 7 nitrogen and oxygen atoms in total. The average Bonchev–Trinajstić information content (AvgIpc) is 2.77. The molecule has 0 atom stereocenters. The van der Waals surface area contributed by atoms with Crippen LogP contribution in [0.3, 0.4) is 0 Å². The van der Waals surface area contributed by atoms with Crippen LogP contribution in [0, 0.1) is 13.8 Å². The number of aryl methyl sites for hydroxylation is 2. The van der Waals surface area contributed by atoms with Gasteiger partial charge < -0.3 is 14.8 Å². The molecular formula is C25H23N3O4. The molecule has 1 N–H and O–H groups in total. The number of amides is 1. The highest BCUT2D eigenvalue weighted by molar-refractivity contribution is 5.93. The van der Waals surface area contributed by atoms with Gasteiger partial charge in [-0.25, -0.2) is 4.98 Å². The smallest absolute Gasteiger partial charge is 0.262 e. The van der Waals surface area contributed by atoms with E-state index in [4.69, 9.17) is 9.47 Å². The zero-order chi connectivity index (χ0) is 22.5. The molecule has 2 heterocycles. The van der Waals surface area contributed by atoms with Crippen LogP contribution in [0.4, 0.5) is 5.69 Å². The van der Waals surface area contributed by atoms with Crippen LogP contribution in [0.1, 0.15) is 16.8 Å². The molecule has 0 aliphatic heterocycles. The lowest BCUT2D eigenvalue weighted by Gasteiger charge is -2.13. The number of nitrogens with one attached hydrogen (secondary N) is 1. The van der Waals surface area contributed by atoms with Crippen LogP contribution in [0.25, 0.3) is 5.65 Å². The summed E-state index contributed by atoms with van der Waals surface area (Å²) in [6, 6.07) is 19.7. The van der Waals surface area contributed by atoms with E-state index in [2.05, 4.69) is 10.3 Å². The van der Waals surface area contributed by atoms with Crippen molar-refractivity contribution < 1.29 is 14.3 Å². The topological polar surface area (TPSA) is 81.9 Å². The summed E-state index contributed by atoms with van der Waals surface area (Å²) in [5.74, 6) is 0.834. The highest BCUT2D eigenvalue weighted by atomic mass is 16.5. The van der Waals surface area contributed by atoms with E-state index in [0.29, 0.717) is 28.5 Å². The lowest BCUT2D eigenvalue weighted by molar-refractivity contribution is -0.118. The number of carbonyl (C=O) groups excluding carboxylic acids is 1. The maximum absolute atomic E-state index is 12.4. The third-order valence-corrected chi connectivity index (χ3v) is 4.86. The Hall–Kier alpha value is -4.13. The third kappa shape index (κ3) is 4.95. The molecule has 0 unspecified atom stereocenters. The van der Waals surface area contributed by atoms with Gasteiger partial charge >= 0.3 is 0 Å². The number of ether oxygens (including phenoxy) is 2. The Morgan fingerprint density at radius 1 is 0.969 bits per heavy atom. The van der Waals surface area contributed by atoms with Crippen molar-refractivity contribution in [3.8, 4) is 11.5 Å². The van der Waals surface area contributed by atoms with Gasteiger partial charge in [-0.2, -0.15) is 0 Å². The van der Waals surface area contributed by atoms with Gasteiger partial charge in [-0.3, -0.25) is 14.0 Å². The quantitative estimate of drug-likeness (QED) is 0.482. The van der Waals surface area contributed by atoms with E-state index in [1.165, 1.54) is 10.5 Å². The van der Waals surface area contributed by atoms with E-state index in [-0.39, 0.29) is 24.7 Å². The van der Waals surface area contributed by atoms with Crippen LogP contribution in [-0.2, 0) is 11.4 Å². The van der Waals surface area contributed by atoms with Crippen LogP contribution in [0.2, 0.25) is 0 Å². The van der Waals surface area contributed by atoms with Gasteiger partial charge in [-0.1, -0.05) is 30.3 Å². The second-order valence-electron chi connectivity index (χ2n) is 7.41. The minimum absolute atomic E-state index is 0.0896. The number of anilines is 1. The predicted octanol–water partition coefficient (Wildman–Crippen LogP) is 3.91. The fourth-order valence-corrected chi connectivity index (χ4v) is 3.22. The van der Waals surface area contributed by atoms with Crippen molar-refractivity contribution in [2.24, 2.45) is 0 Å². The van der Waals surface area contributed by atoms with E-state index >= 15 is 0 Å². The van der Waals surface area contributed by atoms with Crippen LogP contribution in [-0.4, -0.2) is 21.9 Å². The standard InChI is InChI=1S/C25H23N3O4/c1-17-11-12-28-23(13-17)26-19(14-25(28)30)15-31-22-10-6-4-8-20(22)27-24(29)16-32-21-9-5-3-7-18(21)2/h3-14H,15-16H2,1-2H3,(H,27,29). The molecule has 0 aliphatic rings. The number of hydrogen-bond donors (Lipinski definition) is 1. The molecule has 7 heteroatoms. The van der Waals surface area contributed by atoms with Crippen molar-refractivity contribution in [2.75, 3.05) is 11.9 Å². The Balaban J connectivity index is 1.43. The van der Waals surface area contributed by atoms with Gasteiger partial charge in [0.05, 0.1) is 11.4 Å². The Morgan fingerprint density at radius 2 is 1.72 bits per heavy atom. The van der Waals surface area contributed by atoms with Crippen LogP contribution < -0.4 is 20.3 Å². The molecule has 0 fully saturated rings. The fourth-order valence-electron chi connectivity index (χ4n) is 3.22. The molecule has 0 spiro atoms. The number of benzene rings is 2. The van der Waals surface area contributed by atoms with Crippen molar-refractivity contribution in [3.05, 3.63) is 100 Å². The molecule has 0 bridgehead atoms. The number of carbonyl (C=O) groups is 1. The van der Waals surface area contributed by atoms with Crippen molar-refractivity contribution >= 4 is 17.2 Å². The molecule has 0 saturated heterocycles. The van der Waals surface area contributed by atoms with Crippen LogP contribution in [0.5, 0.6) is 11.5 Å². The van der Waals surface area contributed by atoms with Gasteiger partial charge in [0.25, 0.3) is 11.5 Å². The SMILES string of the molecule is Cc1ccn2c(=O)cc(COc3ccccc3NC(=O)COc3ccccc3C)nc2c1. The van der Waals surface area contributed by atoms with Gasteiger partial charge in [0.15, 0.2) is 6.61 Å². The summed E-state index contributed by atoms with van der Waals surface area (Å²) < 4.78 is 13.0. The molecule has 0 radical (unpaired) electrons. The first-order valence-corrected chi connectivity index (χ1v) is 10.2. The summed E-state index contributed by atoms with van der Waals surface area (Å²) >= 11 is 0. The number of rotatable bonds is 7. The number of para-hydroxylation sites is 3. The number of hydrogen-bond acceptors (Lipinski definition) is 5. The Kier molecular flexibility index (Phi) is 6.17. The molecular weight excluding hydrogens is 406 g/mol. The third-order valence-electron chi connectivity index (χ3n) is 4.86. The second kappa shape index (κ2) is 9.34. The van der Waals surface area contributed by atoms with E-state index < -0.39 is 0 Å². The normalized spacial score (nSPS) is 10.7. The zero-order valence-corrected chi connectivity index (χ0v) is 17.9. The van der Waals surface area contributed by atoms with E-state index in [9.17, 15) is 9.59 Å². The van der Waals surface area contributed by atoms with Gasteiger partial charge in [0.1, 0.15) is 23.8 Å². The number of fused-ring (bicyclic) bond motifs is 1. The maximum Gasteiger partial charge on any atom is 0.262 e. The lowest BCUT2D eigenvalue weighted by Crippen LogP contribution is -2.21. The first-order chi connectivity index (χ1) is 15.5. The van der Waals surface area contributed by atoms with E-state index in [1.54, 1.807) is 30.5 Å². The zero-order valence-electron chi connectivity index (χ0n) is 17.9. The largest absolute Gasteiger partial charge is 0.485 e. The summed E-state index contributed by atoms with van der Waals surface area (Å²) in [6.45, 7) is 3.83. The molecule has 1 amide bonds. The first-order valence-electron chi connectivity index (χ1n) is 10.2. The number of aromatic nitrogens is 2. The summed E-state index contributed by atoms with van der Waals surface area (Å²) in [5, 5.41) is 2.81. The minimum Gasteiger partial charge on any atom is -0.485 e. The Labute approximate surface area is 185 Å².